The van der Waals surface area contributed by atoms with Crippen LogP contribution in [0.2, 0.25) is 0 Å². The van der Waals surface area contributed by atoms with Gasteiger partial charge in [-0.2, -0.15) is 13.2 Å². The van der Waals surface area contributed by atoms with Gasteiger partial charge in [0.15, 0.2) is 0 Å². The highest BCUT2D eigenvalue weighted by Gasteiger charge is 2.34. The molecule has 0 aliphatic heterocycles. The van der Waals surface area contributed by atoms with Crippen molar-refractivity contribution in [2.24, 2.45) is 0 Å². The lowest BCUT2D eigenvalue weighted by atomic mass is 9.80. The van der Waals surface area contributed by atoms with Crippen LogP contribution in [-0.2, 0) is 12.6 Å². The Morgan fingerprint density at radius 3 is 2.07 bits per heavy atom. The molecular formula is C24H21F3N2. The zero-order valence-electron chi connectivity index (χ0n) is 16.1. The molecule has 2 nitrogen and oxygen atoms in total. The van der Waals surface area contributed by atoms with E-state index in [4.69, 9.17) is 0 Å². The average molecular weight is 394 g/mol. The van der Waals surface area contributed by atoms with Crippen LogP contribution in [0.3, 0.4) is 0 Å². The summed E-state index contributed by atoms with van der Waals surface area (Å²) in [7, 11) is 0. The molecule has 1 aliphatic carbocycles. The Labute approximate surface area is 167 Å². The van der Waals surface area contributed by atoms with Gasteiger partial charge >= 0.3 is 6.18 Å². The molecule has 5 rings (SSSR count). The third-order valence-corrected chi connectivity index (χ3v) is 5.53. The average Bonchev–Trinajstić information content (AvgIpc) is 2.74. The fraction of sp³-hybridized carbons (Fsp3) is 0.250. The summed E-state index contributed by atoms with van der Waals surface area (Å²) in [5, 5.41) is 2.69. The Bertz CT molecular complexity index is 1110. The van der Waals surface area contributed by atoms with Crippen molar-refractivity contribution in [2.45, 2.75) is 38.3 Å². The third-order valence-electron chi connectivity index (χ3n) is 5.53. The lowest BCUT2D eigenvalue weighted by molar-refractivity contribution is -0.136. The summed E-state index contributed by atoms with van der Waals surface area (Å²) in [6, 6.07) is 12.3. The first kappa shape index (κ1) is 19.4. The zero-order valence-corrected chi connectivity index (χ0v) is 16.1. The van der Waals surface area contributed by atoms with E-state index in [0.29, 0.717) is 11.3 Å². The van der Waals surface area contributed by atoms with Gasteiger partial charge in [-0.15, -0.1) is 0 Å². The molecule has 4 aromatic rings. The van der Waals surface area contributed by atoms with E-state index in [1.807, 2.05) is 12.1 Å². The van der Waals surface area contributed by atoms with E-state index in [1.165, 1.54) is 11.6 Å². The minimum atomic E-state index is -4.34. The van der Waals surface area contributed by atoms with E-state index in [-0.39, 0.29) is 5.39 Å². The Balaban J connectivity index is 0.000000294. The van der Waals surface area contributed by atoms with Crippen molar-refractivity contribution in [3.05, 3.63) is 83.9 Å². The van der Waals surface area contributed by atoms with Crippen LogP contribution in [0.5, 0.6) is 0 Å². The van der Waals surface area contributed by atoms with E-state index >= 15 is 0 Å². The zero-order chi connectivity index (χ0) is 20.4. The number of fused-ring (bicyclic) bond motifs is 5. The fourth-order valence-corrected chi connectivity index (χ4v) is 4.28. The lowest BCUT2D eigenvalue weighted by Crippen LogP contribution is -2.10. The van der Waals surface area contributed by atoms with Gasteiger partial charge in [0, 0.05) is 24.8 Å². The maximum absolute atomic E-state index is 13.6. The number of benzene rings is 3. The van der Waals surface area contributed by atoms with Crippen molar-refractivity contribution in [1.29, 1.82) is 0 Å². The Morgan fingerprint density at radius 1 is 0.828 bits per heavy atom. The van der Waals surface area contributed by atoms with E-state index in [1.54, 1.807) is 43.0 Å². The highest BCUT2D eigenvalue weighted by atomic mass is 19.4. The molecule has 1 heterocycles. The SMILES string of the molecule is CC1CCCc2ccc3c(cc(C(F)(F)F)c4ccccc43)c21.c1cnccn1. The van der Waals surface area contributed by atoms with Crippen molar-refractivity contribution < 1.29 is 13.2 Å². The van der Waals surface area contributed by atoms with Crippen molar-refractivity contribution in [3.63, 3.8) is 0 Å². The second-order valence-electron chi connectivity index (χ2n) is 7.39. The van der Waals surface area contributed by atoms with Crippen LogP contribution < -0.4 is 0 Å². The van der Waals surface area contributed by atoms with E-state index in [0.717, 1.165) is 35.6 Å². The van der Waals surface area contributed by atoms with Crippen molar-refractivity contribution in [2.75, 3.05) is 0 Å². The standard InChI is InChI=1S/C20H17F3.C4H4N2/c1-12-5-4-6-13-9-10-15-14-7-2-3-8-16(14)18(20(21,22)23)11-17(15)19(12)13;1-2-6-4-3-5-1/h2-3,7-12H,4-6H2,1H3;1-4H. The molecule has 0 radical (unpaired) electrons. The van der Waals surface area contributed by atoms with Gasteiger partial charge < -0.3 is 0 Å². The van der Waals surface area contributed by atoms with E-state index in [2.05, 4.69) is 23.0 Å². The summed E-state index contributed by atoms with van der Waals surface area (Å²) in [5.41, 5.74) is 1.80. The first-order valence-corrected chi connectivity index (χ1v) is 9.71. The van der Waals surface area contributed by atoms with Gasteiger partial charge in [0.1, 0.15) is 0 Å². The summed E-state index contributed by atoms with van der Waals surface area (Å²) >= 11 is 0. The molecule has 5 heteroatoms. The summed E-state index contributed by atoms with van der Waals surface area (Å²) in [6.45, 7) is 2.12. The summed E-state index contributed by atoms with van der Waals surface area (Å²) in [6.07, 6.45) is 5.33. The molecule has 0 saturated carbocycles. The maximum Gasteiger partial charge on any atom is 0.417 e. The van der Waals surface area contributed by atoms with E-state index in [9.17, 15) is 13.2 Å². The Morgan fingerprint density at radius 2 is 1.45 bits per heavy atom. The summed E-state index contributed by atoms with van der Waals surface area (Å²) in [5.74, 6) is 0.310. The van der Waals surface area contributed by atoms with Gasteiger partial charge in [-0.3, -0.25) is 9.97 Å². The molecule has 1 aromatic heterocycles. The van der Waals surface area contributed by atoms with Crippen LogP contribution in [0.15, 0.2) is 67.3 Å². The minimum Gasteiger partial charge on any atom is -0.262 e. The van der Waals surface area contributed by atoms with Gasteiger partial charge in [0.2, 0.25) is 0 Å². The van der Waals surface area contributed by atoms with Crippen LogP contribution in [0.1, 0.15) is 42.4 Å². The number of nitrogens with zero attached hydrogens (tertiary/aromatic N) is 2. The second kappa shape index (κ2) is 7.82. The Kier molecular flexibility index (Phi) is 5.22. The van der Waals surface area contributed by atoms with Crippen LogP contribution in [-0.4, -0.2) is 9.97 Å². The van der Waals surface area contributed by atoms with Gasteiger partial charge in [-0.05, 0) is 63.9 Å². The summed E-state index contributed by atoms with van der Waals surface area (Å²) < 4.78 is 40.7. The molecule has 0 bridgehead atoms. The van der Waals surface area contributed by atoms with Crippen LogP contribution in [0.4, 0.5) is 13.2 Å². The number of aromatic nitrogens is 2. The van der Waals surface area contributed by atoms with Gasteiger partial charge in [-0.25, -0.2) is 0 Å². The van der Waals surface area contributed by atoms with Crippen molar-refractivity contribution in [3.8, 4) is 0 Å². The number of aryl methyl sites for hydroxylation is 1. The molecule has 3 aromatic carbocycles. The number of alkyl halides is 3. The van der Waals surface area contributed by atoms with Gasteiger partial charge in [-0.1, -0.05) is 43.3 Å². The normalized spacial score (nSPS) is 16.2. The summed E-state index contributed by atoms with van der Waals surface area (Å²) in [4.78, 5) is 7.44. The van der Waals surface area contributed by atoms with Crippen LogP contribution >= 0.6 is 0 Å². The van der Waals surface area contributed by atoms with Crippen molar-refractivity contribution in [1.82, 2.24) is 9.97 Å². The van der Waals surface area contributed by atoms with Crippen LogP contribution in [0.25, 0.3) is 21.5 Å². The molecule has 0 spiro atoms. The fourth-order valence-electron chi connectivity index (χ4n) is 4.28. The molecule has 1 aliphatic rings. The first-order valence-electron chi connectivity index (χ1n) is 9.71. The molecule has 0 N–H and O–H groups in total. The third kappa shape index (κ3) is 3.82. The molecule has 0 saturated heterocycles. The number of hydrogen-bond acceptors (Lipinski definition) is 2. The van der Waals surface area contributed by atoms with E-state index < -0.39 is 11.7 Å². The smallest absolute Gasteiger partial charge is 0.262 e. The van der Waals surface area contributed by atoms with Crippen molar-refractivity contribution >= 4 is 21.5 Å². The molecular weight excluding hydrogens is 373 g/mol. The molecule has 29 heavy (non-hydrogen) atoms. The first-order chi connectivity index (χ1) is 14.0. The number of rotatable bonds is 0. The van der Waals surface area contributed by atoms with Crippen LogP contribution in [0, 0.1) is 0 Å². The topological polar surface area (TPSA) is 25.8 Å². The van der Waals surface area contributed by atoms with Gasteiger partial charge in [0.05, 0.1) is 5.56 Å². The quantitative estimate of drug-likeness (QED) is 0.302. The van der Waals surface area contributed by atoms with Gasteiger partial charge in [0.25, 0.3) is 0 Å². The minimum absolute atomic E-state index is 0.288. The Hall–Kier alpha value is -2.95. The molecule has 0 fully saturated rings. The maximum atomic E-state index is 13.6. The second-order valence-corrected chi connectivity index (χ2v) is 7.39. The highest BCUT2D eigenvalue weighted by molar-refractivity contribution is 6.10. The molecule has 1 unspecified atom stereocenters. The molecule has 148 valence electrons. The number of halogens is 3. The predicted octanol–water partition coefficient (Wildman–Crippen LogP) is 6.93. The largest absolute Gasteiger partial charge is 0.417 e. The number of hydrogen-bond donors (Lipinski definition) is 0. The highest BCUT2D eigenvalue weighted by Crippen LogP contribution is 2.43. The molecule has 1 atom stereocenters. The molecule has 0 amide bonds. The predicted molar refractivity (Wildman–Crippen MR) is 110 cm³/mol. The monoisotopic (exact) mass is 394 g/mol. The lowest BCUT2D eigenvalue weighted by Gasteiger charge is -2.25.